The number of hydrogen-bond donors (Lipinski definition) is 2. The summed E-state index contributed by atoms with van der Waals surface area (Å²) in [4.78, 5) is 25.6. The molecule has 2 amide bonds. The number of amides is 2. The molecule has 126 valence electrons. The fraction of sp³-hybridized carbons (Fsp3) is 0.529. The normalized spacial score (nSPS) is 15.3. The van der Waals surface area contributed by atoms with E-state index in [0.717, 1.165) is 32.5 Å². The zero-order valence-electron chi connectivity index (χ0n) is 13.6. The molecule has 0 aromatic heterocycles. The Bertz CT molecular complexity index is 499. The van der Waals surface area contributed by atoms with Crippen LogP contribution in [0.4, 0.5) is 0 Å². The van der Waals surface area contributed by atoms with Crippen LogP contribution in [0.15, 0.2) is 30.3 Å². The highest BCUT2D eigenvalue weighted by atomic mass is 16.5. The Labute approximate surface area is 137 Å². The molecule has 6 heteroatoms. The van der Waals surface area contributed by atoms with Crippen LogP contribution in [0.5, 0.6) is 5.75 Å². The topological polar surface area (TPSA) is 70.7 Å². The van der Waals surface area contributed by atoms with E-state index in [2.05, 4.69) is 10.6 Å². The van der Waals surface area contributed by atoms with Crippen molar-refractivity contribution in [1.82, 2.24) is 15.5 Å². The number of nitrogens with zero attached hydrogens (tertiary/aromatic N) is 1. The van der Waals surface area contributed by atoms with Gasteiger partial charge in [-0.05, 0) is 44.5 Å². The molecule has 0 radical (unpaired) electrons. The fourth-order valence-corrected chi connectivity index (χ4v) is 2.68. The number of benzene rings is 1. The van der Waals surface area contributed by atoms with E-state index >= 15 is 0 Å². The fourth-order valence-electron chi connectivity index (χ4n) is 2.68. The van der Waals surface area contributed by atoms with Gasteiger partial charge < -0.3 is 20.3 Å². The summed E-state index contributed by atoms with van der Waals surface area (Å²) in [5.74, 6) is 0.965. The van der Waals surface area contributed by atoms with Gasteiger partial charge in [0, 0.05) is 13.1 Å². The van der Waals surface area contributed by atoms with Crippen molar-refractivity contribution in [3.63, 3.8) is 0 Å². The zero-order valence-corrected chi connectivity index (χ0v) is 13.6. The van der Waals surface area contributed by atoms with Crippen molar-refractivity contribution < 1.29 is 14.3 Å². The summed E-state index contributed by atoms with van der Waals surface area (Å²) in [5, 5.41) is 5.79. The van der Waals surface area contributed by atoms with Crippen LogP contribution in [0.25, 0.3) is 0 Å². The van der Waals surface area contributed by atoms with Crippen LogP contribution in [0, 0.1) is 5.92 Å². The summed E-state index contributed by atoms with van der Waals surface area (Å²) in [5.41, 5.74) is 0. The lowest BCUT2D eigenvalue weighted by Crippen LogP contribution is -2.45. The van der Waals surface area contributed by atoms with E-state index < -0.39 is 0 Å². The number of nitrogens with one attached hydrogen (secondary N) is 2. The highest BCUT2D eigenvalue weighted by Gasteiger charge is 2.22. The number of likely N-dealkylation sites (tertiary alicyclic amines) is 1. The Kier molecular flexibility index (Phi) is 6.87. The number of piperidine rings is 1. The summed E-state index contributed by atoms with van der Waals surface area (Å²) in [7, 11) is 1.95. The lowest BCUT2D eigenvalue weighted by molar-refractivity contribution is -0.134. The molecule has 0 atom stereocenters. The van der Waals surface area contributed by atoms with Gasteiger partial charge in [-0.15, -0.1) is 0 Å². The second-order valence-corrected chi connectivity index (χ2v) is 5.76. The summed E-state index contributed by atoms with van der Waals surface area (Å²) in [6.45, 7) is 2.48. The van der Waals surface area contributed by atoms with Crippen molar-refractivity contribution in [2.45, 2.75) is 12.8 Å². The van der Waals surface area contributed by atoms with Gasteiger partial charge in [0.05, 0.1) is 6.54 Å². The maximum Gasteiger partial charge on any atom is 0.258 e. The number of ether oxygens (including phenoxy) is 1. The third-order valence-electron chi connectivity index (χ3n) is 4.01. The van der Waals surface area contributed by atoms with Crippen molar-refractivity contribution in [2.75, 3.05) is 39.8 Å². The van der Waals surface area contributed by atoms with Crippen molar-refractivity contribution in [2.24, 2.45) is 5.92 Å². The molecule has 0 unspecified atom stereocenters. The first-order valence-electron chi connectivity index (χ1n) is 8.06. The first-order chi connectivity index (χ1) is 11.2. The minimum Gasteiger partial charge on any atom is -0.484 e. The van der Waals surface area contributed by atoms with Crippen LogP contribution >= 0.6 is 0 Å². The van der Waals surface area contributed by atoms with Crippen LogP contribution in [-0.2, 0) is 9.59 Å². The third-order valence-corrected chi connectivity index (χ3v) is 4.01. The van der Waals surface area contributed by atoms with Crippen molar-refractivity contribution >= 4 is 11.8 Å². The molecule has 0 bridgehead atoms. The predicted molar refractivity (Wildman–Crippen MR) is 88.2 cm³/mol. The predicted octanol–water partition coefficient (Wildman–Crippen LogP) is 0.640. The summed E-state index contributed by atoms with van der Waals surface area (Å²) < 4.78 is 5.34. The number of hydrogen-bond acceptors (Lipinski definition) is 4. The van der Waals surface area contributed by atoms with E-state index in [0.29, 0.717) is 11.7 Å². The van der Waals surface area contributed by atoms with Gasteiger partial charge >= 0.3 is 0 Å². The lowest BCUT2D eigenvalue weighted by atomic mass is 9.97. The minimum atomic E-state index is -0.285. The molecule has 0 spiro atoms. The largest absolute Gasteiger partial charge is 0.484 e. The van der Waals surface area contributed by atoms with Crippen LogP contribution in [0.2, 0.25) is 0 Å². The van der Waals surface area contributed by atoms with Gasteiger partial charge in [0.2, 0.25) is 5.91 Å². The second kappa shape index (κ2) is 9.15. The van der Waals surface area contributed by atoms with Gasteiger partial charge in [0.1, 0.15) is 5.75 Å². The highest BCUT2D eigenvalue weighted by molar-refractivity contribution is 5.85. The first-order valence-corrected chi connectivity index (χ1v) is 8.06. The van der Waals surface area contributed by atoms with Gasteiger partial charge in [-0.3, -0.25) is 9.59 Å². The average Bonchev–Trinajstić information content (AvgIpc) is 2.59. The Morgan fingerprint density at radius 2 is 1.91 bits per heavy atom. The van der Waals surface area contributed by atoms with Crippen molar-refractivity contribution in [1.29, 1.82) is 0 Å². The first kappa shape index (κ1) is 17.3. The van der Waals surface area contributed by atoms with Crippen LogP contribution in [-0.4, -0.2) is 56.5 Å². The van der Waals surface area contributed by atoms with E-state index in [1.54, 1.807) is 12.1 Å². The Balaban J connectivity index is 1.63. The zero-order chi connectivity index (χ0) is 16.5. The third kappa shape index (κ3) is 5.90. The molecule has 1 heterocycles. The highest BCUT2D eigenvalue weighted by Crippen LogP contribution is 2.16. The minimum absolute atomic E-state index is 0.0269. The summed E-state index contributed by atoms with van der Waals surface area (Å²) in [6, 6.07) is 9.13. The smallest absolute Gasteiger partial charge is 0.258 e. The van der Waals surface area contributed by atoms with Crippen LogP contribution in [0.3, 0.4) is 0 Å². The van der Waals surface area contributed by atoms with Crippen LogP contribution in [0.1, 0.15) is 12.8 Å². The molecule has 6 nitrogen and oxygen atoms in total. The second-order valence-electron chi connectivity index (χ2n) is 5.76. The Morgan fingerprint density at radius 1 is 1.22 bits per heavy atom. The van der Waals surface area contributed by atoms with Gasteiger partial charge in [-0.1, -0.05) is 18.2 Å². The van der Waals surface area contributed by atoms with E-state index in [-0.39, 0.29) is 25.0 Å². The van der Waals surface area contributed by atoms with Gasteiger partial charge in [0.15, 0.2) is 6.61 Å². The number of para-hydroxylation sites is 1. The standard InChI is InChI=1S/C17H25N3O3/c1-18-11-14-7-9-20(10-8-14)17(22)12-19-16(21)13-23-15-5-3-2-4-6-15/h2-6,14,18H,7-13H2,1H3,(H,19,21). The molecule has 1 fully saturated rings. The van der Waals surface area contributed by atoms with E-state index in [1.165, 1.54) is 0 Å². The molecule has 1 aromatic carbocycles. The molecule has 23 heavy (non-hydrogen) atoms. The SMILES string of the molecule is CNCC1CCN(C(=O)CNC(=O)COc2ccccc2)CC1. The van der Waals surface area contributed by atoms with Crippen molar-refractivity contribution in [3.8, 4) is 5.75 Å². The lowest BCUT2D eigenvalue weighted by Gasteiger charge is -2.32. The van der Waals surface area contributed by atoms with E-state index in [1.807, 2.05) is 30.1 Å². The van der Waals surface area contributed by atoms with E-state index in [9.17, 15) is 9.59 Å². The summed E-state index contributed by atoms with van der Waals surface area (Å²) >= 11 is 0. The quantitative estimate of drug-likeness (QED) is 0.774. The number of carbonyl (C=O) groups is 2. The molecule has 1 saturated heterocycles. The molecular formula is C17H25N3O3. The molecule has 1 aliphatic rings. The molecule has 1 aromatic rings. The maximum absolute atomic E-state index is 12.1. The van der Waals surface area contributed by atoms with Gasteiger partial charge in [-0.2, -0.15) is 0 Å². The summed E-state index contributed by atoms with van der Waals surface area (Å²) in [6.07, 6.45) is 2.02. The Hall–Kier alpha value is -2.08. The Morgan fingerprint density at radius 3 is 2.57 bits per heavy atom. The monoisotopic (exact) mass is 319 g/mol. The van der Waals surface area contributed by atoms with Gasteiger partial charge in [-0.25, -0.2) is 0 Å². The van der Waals surface area contributed by atoms with Crippen LogP contribution < -0.4 is 15.4 Å². The van der Waals surface area contributed by atoms with Gasteiger partial charge in [0.25, 0.3) is 5.91 Å². The molecular weight excluding hydrogens is 294 g/mol. The molecule has 0 aliphatic carbocycles. The van der Waals surface area contributed by atoms with E-state index in [4.69, 9.17) is 4.74 Å². The van der Waals surface area contributed by atoms with Crippen molar-refractivity contribution in [3.05, 3.63) is 30.3 Å². The molecule has 2 N–H and O–H groups in total. The molecule has 2 rings (SSSR count). The number of rotatable bonds is 7. The molecule has 0 saturated carbocycles. The average molecular weight is 319 g/mol. The number of carbonyl (C=O) groups excluding carboxylic acids is 2. The maximum atomic E-state index is 12.1. The molecule has 1 aliphatic heterocycles.